The van der Waals surface area contributed by atoms with Crippen molar-refractivity contribution in [2.45, 2.75) is 18.1 Å². The minimum absolute atomic E-state index is 0.240. The minimum Gasteiger partial charge on any atom is -0.508 e. The first-order valence-electron chi connectivity index (χ1n) is 5.57. The fraction of sp³-hybridized carbons (Fsp3) is 0.333. The van der Waals surface area contributed by atoms with Crippen LogP contribution in [0.15, 0.2) is 28.8 Å². The molecule has 1 atom stereocenters. The number of thioether (sulfide) groups is 1. The summed E-state index contributed by atoms with van der Waals surface area (Å²) in [4.78, 5) is 4.41. The van der Waals surface area contributed by atoms with E-state index in [1.54, 1.807) is 24.3 Å². The Kier molecular flexibility index (Phi) is 2.76. The van der Waals surface area contributed by atoms with Gasteiger partial charge in [0, 0.05) is 5.56 Å². The third kappa shape index (κ3) is 2.15. The van der Waals surface area contributed by atoms with Crippen molar-refractivity contribution in [2.24, 2.45) is 0 Å². The van der Waals surface area contributed by atoms with Crippen LogP contribution in [0.4, 0.5) is 0 Å². The van der Waals surface area contributed by atoms with Crippen molar-refractivity contribution in [1.82, 2.24) is 10.1 Å². The monoisotopic (exact) mass is 248 g/mol. The first-order valence-corrected chi connectivity index (χ1v) is 6.62. The number of phenolic OH excluding ortho intramolecular Hbond substituents is 1. The SMILES string of the molecule is Oc1ccc(-c2noc(C3CCCS3)n2)cc1. The van der Waals surface area contributed by atoms with Gasteiger partial charge in [0.15, 0.2) is 0 Å². The maximum Gasteiger partial charge on any atom is 0.240 e. The first-order chi connectivity index (χ1) is 8.33. The lowest BCUT2D eigenvalue weighted by atomic mass is 10.2. The first kappa shape index (κ1) is 10.7. The molecule has 1 aromatic heterocycles. The van der Waals surface area contributed by atoms with Crippen LogP contribution in [0.5, 0.6) is 5.75 Å². The van der Waals surface area contributed by atoms with E-state index < -0.39 is 0 Å². The summed E-state index contributed by atoms with van der Waals surface area (Å²) in [6.07, 6.45) is 2.33. The molecule has 1 aromatic carbocycles. The van der Waals surface area contributed by atoms with E-state index in [0.717, 1.165) is 17.9 Å². The summed E-state index contributed by atoms with van der Waals surface area (Å²) < 4.78 is 5.29. The quantitative estimate of drug-likeness (QED) is 0.885. The Balaban J connectivity index is 1.86. The summed E-state index contributed by atoms with van der Waals surface area (Å²) in [6.45, 7) is 0. The summed E-state index contributed by atoms with van der Waals surface area (Å²) in [7, 11) is 0. The fourth-order valence-corrected chi connectivity index (χ4v) is 3.06. The fourth-order valence-electron chi connectivity index (χ4n) is 1.87. The smallest absolute Gasteiger partial charge is 0.240 e. The third-order valence-corrected chi connectivity index (χ3v) is 4.14. The molecule has 5 heteroatoms. The number of hydrogen-bond acceptors (Lipinski definition) is 5. The molecule has 4 nitrogen and oxygen atoms in total. The number of hydrogen-bond donors (Lipinski definition) is 1. The van der Waals surface area contributed by atoms with Gasteiger partial charge < -0.3 is 9.63 Å². The topological polar surface area (TPSA) is 59.2 Å². The summed E-state index contributed by atoms with van der Waals surface area (Å²) in [6, 6.07) is 6.81. The van der Waals surface area contributed by atoms with Crippen LogP contribution in [0.25, 0.3) is 11.4 Å². The summed E-state index contributed by atoms with van der Waals surface area (Å²) >= 11 is 1.87. The average Bonchev–Trinajstić information content (AvgIpc) is 3.00. The van der Waals surface area contributed by atoms with Gasteiger partial charge in [-0.2, -0.15) is 4.98 Å². The van der Waals surface area contributed by atoms with E-state index in [0.29, 0.717) is 11.1 Å². The highest BCUT2D eigenvalue weighted by Crippen LogP contribution is 2.39. The normalized spacial score (nSPS) is 19.6. The predicted octanol–water partition coefficient (Wildman–Crippen LogP) is 3.01. The van der Waals surface area contributed by atoms with E-state index in [1.165, 1.54) is 12.2 Å². The van der Waals surface area contributed by atoms with E-state index in [4.69, 9.17) is 4.52 Å². The lowest BCUT2D eigenvalue weighted by Gasteiger charge is -1.98. The minimum atomic E-state index is 0.240. The second-order valence-corrected chi connectivity index (χ2v) is 5.32. The zero-order valence-corrected chi connectivity index (χ0v) is 9.98. The van der Waals surface area contributed by atoms with Crippen LogP contribution >= 0.6 is 11.8 Å². The molecule has 1 fully saturated rings. The zero-order chi connectivity index (χ0) is 11.7. The number of phenols is 1. The van der Waals surface area contributed by atoms with E-state index in [2.05, 4.69) is 10.1 Å². The third-order valence-electron chi connectivity index (χ3n) is 2.77. The summed E-state index contributed by atoms with van der Waals surface area (Å²) in [5.74, 6) is 2.72. The number of nitrogens with zero attached hydrogens (tertiary/aromatic N) is 2. The molecule has 0 saturated carbocycles. The predicted molar refractivity (Wildman–Crippen MR) is 65.8 cm³/mol. The van der Waals surface area contributed by atoms with E-state index >= 15 is 0 Å². The van der Waals surface area contributed by atoms with Gasteiger partial charge in [-0.3, -0.25) is 0 Å². The second-order valence-electron chi connectivity index (χ2n) is 4.00. The van der Waals surface area contributed by atoms with E-state index in [-0.39, 0.29) is 5.75 Å². The Morgan fingerprint density at radius 1 is 1.29 bits per heavy atom. The van der Waals surface area contributed by atoms with Gasteiger partial charge in [-0.25, -0.2) is 0 Å². The molecule has 88 valence electrons. The maximum atomic E-state index is 9.21. The molecule has 0 bridgehead atoms. The van der Waals surface area contributed by atoms with Crippen LogP contribution in [0.3, 0.4) is 0 Å². The zero-order valence-electron chi connectivity index (χ0n) is 9.17. The average molecular weight is 248 g/mol. The molecular formula is C12H12N2O2S. The van der Waals surface area contributed by atoms with Crippen molar-refractivity contribution in [3.05, 3.63) is 30.2 Å². The molecule has 3 rings (SSSR count). The van der Waals surface area contributed by atoms with Crippen molar-refractivity contribution in [3.8, 4) is 17.1 Å². The molecule has 0 radical (unpaired) electrons. The molecule has 0 spiro atoms. The molecule has 1 saturated heterocycles. The Morgan fingerprint density at radius 3 is 2.82 bits per heavy atom. The maximum absolute atomic E-state index is 9.21. The van der Waals surface area contributed by atoms with Gasteiger partial charge in [-0.05, 0) is 42.9 Å². The molecule has 2 aromatic rings. The molecular weight excluding hydrogens is 236 g/mol. The van der Waals surface area contributed by atoms with Gasteiger partial charge >= 0.3 is 0 Å². The molecule has 2 heterocycles. The van der Waals surface area contributed by atoms with Crippen LogP contribution < -0.4 is 0 Å². The largest absolute Gasteiger partial charge is 0.508 e. The molecule has 1 aliphatic heterocycles. The highest BCUT2D eigenvalue weighted by Gasteiger charge is 2.23. The van der Waals surface area contributed by atoms with Gasteiger partial charge in [0.2, 0.25) is 11.7 Å². The molecule has 17 heavy (non-hydrogen) atoms. The van der Waals surface area contributed by atoms with Crippen molar-refractivity contribution in [2.75, 3.05) is 5.75 Å². The standard InChI is InChI=1S/C12H12N2O2S/c15-9-5-3-8(4-6-9)11-13-12(16-14-11)10-2-1-7-17-10/h3-6,10,15H,1-2,7H2. The van der Waals surface area contributed by atoms with Crippen molar-refractivity contribution >= 4 is 11.8 Å². The Morgan fingerprint density at radius 2 is 2.12 bits per heavy atom. The van der Waals surface area contributed by atoms with Gasteiger partial charge in [-0.15, -0.1) is 11.8 Å². The van der Waals surface area contributed by atoms with Crippen LogP contribution in [0, 0.1) is 0 Å². The molecule has 1 unspecified atom stereocenters. The highest BCUT2D eigenvalue weighted by atomic mass is 32.2. The summed E-state index contributed by atoms with van der Waals surface area (Å²) in [5.41, 5.74) is 0.862. The number of aromatic nitrogens is 2. The van der Waals surface area contributed by atoms with Crippen LogP contribution in [0.2, 0.25) is 0 Å². The van der Waals surface area contributed by atoms with Crippen molar-refractivity contribution < 1.29 is 9.63 Å². The molecule has 1 aliphatic rings. The van der Waals surface area contributed by atoms with Gasteiger partial charge in [-0.1, -0.05) is 5.16 Å². The van der Waals surface area contributed by atoms with Crippen LogP contribution in [-0.2, 0) is 0 Å². The lowest BCUT2D eigenvalue weighted by molar-refractivity contribution is 0.375. The Hall–Kier alpha value is -1.49. The molecule has 1 N–H and O–H groups in total. The van der Waals surface area contributed by atoms with E-state index in [1.807, 2.05) is 11.8 Å². The van der Waals surface area contributed by atoms with Crippen LogP contribution in [-0.4, -0.2) is 21.0 Å². The highest BCUT2D eigenvalue weighted by molar-refractivity contribution is 7.99. The Bertz CT molecular complexity index is 503. The van der Waals surface area contributed by atoms with Crippen LogP contribution in [0.1, 0.15) is 24.0 Å². The van der Waals surface area contributed by atoms with Gasteiger partial charge in [0.1, 0.15) is 5.75 Å². The second kappa shape index (κ2) is 4.41. The lowest BCUT2D eigenvalue weighted by Crippen LogP contribution is -1.88. The summed E-state index contributed by atoms with van der Waals surface area (Å²) in [5, 5.41) is 13.5. The number of rotatable bonds is 2. The van der Waals surface area contributed by atoms with Crippen molar-refractivity contribution in [1.29, 1.82) is 0 Å². The van der Waals surface area contributed by atoms with E-state index in [9.17, 15) is 5.11 Å². The Labute approximate surface area is 103 Å². The molecule has 0 amide bonds. The number of aromatic hydroxyl groups is 1. The van der Waals surface area contributed by atoms with Gasteiger partial charge in [0.05, 0.1) is 5.25 Å². The molecule has 0 aliphatic carbocycles. The van der Waals surface area contributed by atoms with Gasteiger partial charge in [0.25, 0.3) is 0 Å². The number of benzene rings is 1. The van der Waals surface area contributed by atoms with Crippen molar-refractivity contribution in [3.63, 3.8) is 0 Å².